The zero-order valence-electron chi connectivity index (χ0n) is 10.6. The first-order valence-corrected chi connectivity index (χ1v) is 6.22. The third kappa shape index (κ3) is 1.46. The quantitative estimate of drug-likeness (QED) is 0.760. The predicted molar refractivity (Wildman–Crippen MR) is 71.7 cm³/mol. The van der Waals surface area contributed by atoms with Crippen molar-refractivity contribution in [1.29, 1.82) is 5.26 Å². The molecule has 0 fully saturated rings. The maximum Gasteiger partial charge on any atom is 0.218 e. The van der Waals surface area contributed by atoms with Crippen LogP contribution in [0.4, 0.5) is 0 Å². The summed E-state index contributed by atoms with van der Waals surface area (Å²) < 4.78 is 2.02. The molecule has 0 unspecified atom stereocenters. The summed E-state index contributed by atoms with van der Waals surface area (Å²) >= 11 is 0. The molecule has 0 N–H and O–H groups in total. The van der Waals surface area contributed by atoms with Crippen molar-refractivity contribution in [3.8, 4) is 6.07 Å². The summed E-state index contributed by atoms with van der Waals surface area (Å²) in [5, 5.41) is 9.29. The predicted octanol–water partition coefficient (Wildman–Crippen LogP) is 3.57. The average Bonchev–Trinajstić information content (AvgIpc) is 2.88. The van der Waals surface area contributed by atoms with E-state index in [1.165, 1.54) is 5.70 Å². The molecule has 0 bridgehead atoms. The lowest BCUT2D eigenvalue weighted by atomic mass is 9.90. The van der Waals surface area contributed by atoms with E-state index < -0.39 is 0 Å². The lowest BCUT2D eigenvalue weighted by Crippen LogP contribution is -2.15. The number of aromatic nitrogens is 2. The minimum absolute atomic E-state index is 0.106. The maximum atomic E-state index is 9.29. The number of imidazole rings is 1. The van der Waals surface area contributed by atoms with Gasteiger partial charge in [0.05, 0.1) is 11.0 Å². The van der Waals surface area contributed by atoms with Crippen molar-refractivity contribution < 1.29 is 0 Å². The highest BCUT2D eigenvalue weighted by Crippen LogP contribution is 2.42. The fourth-order valence-electron chi connectivity index (χ4n) is 2.71. The number of nitriles is 1. The Labute approximate surface area is 106 Å². The van der Waals surface area contributed by atoms with Crippen molar-refractivity contribution >= 4 is 16.7 Å². The normalized spacial score (nSPS) is 17.7. The number of rotatable bonds is 1. The molecule has 0 spiro atoms. The van der Waals surface area contributed by atoms with Crippen LogP contribution in [-0.2, 0) is 0 Å². The van der Waals surface area contributed by atoms with E-state index in [0.717, 1.165) is 23.9 Å². The van der Waals surface area contributed by atoms with E-state index in [2.05, 4.69) is 31.0 Å². The van der Waals surface area contributed by atoms with Crippen molar-refractivity contribution in [2.45, 2.75) is 26.7 Å². The van der Waals surface area contributed by atoms with Gasteiger partial charge in [-0.25, -0.2) is 4.98 Å². The van der Waals surface area contributed by atoms with Gasteiger partial charge in [-0.1, -0.05) is 32.1 Å². The standard InChI is InChI=1S/C15H15N3/c1-15(2)9-5-8-13(15)18-12-7-4-3-6-11(12)17-14(18)10-16/h3-4,6-8H,5,9H2,1-2H3. The van der Waals surface area contributed by atoms with Gasteiger partial charge in [-0.3, -0.25) is 4.57 Å². The van der Waals surface area contributed by atoms with Gasteiger partial charge in [-0.15, -0.1) is 0 Å². The van der Waals surface area contributed by atoms with Crippen LogP contribution in [0.1, 0.15) is 32.5 Å². The van der Waals surface area contributed by atoms with Crippen molar-refractivity contribution in [3.05, 3.63) is 36.2 Å². The van der Waals surface area contributed by atoms with Crippen LogP contribution in [-0.4, -0.2) is 9.55 Å². The molecule has 0 aliphatic heterocycles. The Hall–Kier alpha value is -2.08. The van der Waals surface area contributed by atoms with Crippen LogP contribution in [0.3, 0.4) is 0 Å². The van der Waals surface area contributed by atoms with Crippen LogP contribution >= 0.6 is 0 Å². The number of nitrogens with zero attached hydrogens (tertiary/aromatic N) is 3. The Morgan fingerprint density at radius 3 is 2.78 bits per heavy atom. The molecule has 0 radical (unpaired) electrons. The van der Waals surface area contributed by atoms with E-state index in [1.54, 1.807) is 0 Å². The molecule has 0 amide bonds. The molecule has 3 nitrogen and oxygen atoms in total. The van der Waals surface area contributed by atoms with Crippen LogP contribution in [0, 0.1) is 16.7 Å². The number of allylic oxidation sites excluding steroid dienone is 2. The molecule has 1 aliphatic carbocycles. The highest BCUT2D eigenvalue weighted by molar-refractivity contribution is 5.82. The minimum Gasteiger partial charge on any atom is -0.288 e. The third-order valence-electron chi connectivity index (χ3n) is 3.70. The average molecular weight is 237 g/mol. The van der Waals surface area contributed by atoms with Crippen molar-refractivity contribution in [3.63, 3.8) is 0 Å². The van der Waals surface area contributed by atoms with Crippen LogP contribution in [0.25, 0.3) is 16.7 Å². The molecular weight excluding hydrogens is 222 g/mol. The van der Waals surface area contributed by atoms with Gasteiger partial charge in [0.25, 0.3) is 0 Å². The molecule has 1 aromatic heterocycles. The summed E-state index contributed by atoms with van der Waals surface area (Å²) in [5.41, 5.74) is 3.22. The van der Waals surface area contributed by atoms with Gasteiger partial charge in [-0.2, -0.15) is 5.26 Å². The highest BCUT2D eigenvalue weighted by atomic mass is 15.1. The molecule has 3 rings (SSSR count). The van der Waals surface area contributed by atoms with Crippen molar-refractivity contribution in [1.82, 2.24) is 9.55 Å². The smallest absolute Gasteiger partial charge is 0.218 e. The van der Waals surface area contributed by atoms with E-state index in [9.17, 15) is 5.26 Å². The van der Waals surface area contributed by atoms with Crippen LogP contribution in [0.5, 0.6) is 0 Å². The fraction of sp³-hybridized carbons (Fsp3) is 0.333. The van der Waals surface area contributed by atoms with Gasteiger partial charge in [-0.05, 0) is 25.0 Å². The summed E-state index contributed by atoms with van der Waals surface area (Å²) in [5.74, 6) is 0.484. The topological polar surface area (TPSA) is 41.6 Å². The number of hydrogen-bond acceptors (Lipinski definition) is 2. The molecule has 18 heavy (non-hydrogen) atoms. The Bertz CT molecular complexity index is 683. The molecule has 1 aliphatic rings. The monoisotopic (exact) mass is 237 g/mol. The summed E-state index contributed by atoms with van der Waals surface area (Å²) in [6.07, 6.45) is 4.42. The molecule has 0 atom stereocenters. The van der Waals surface area contributed by atoms with E-state index in [1.807, 2.05) is 28.8 Å². The number of benzene rings is 1. The van der Waals surface area contributed by atoms with Gasteiger partial charge < -0.3 is 0 Å². The Morgan fingerprint density at radius 2 is 2.11 bits per heavy atom. The zero-order chi connectivity index (χ0) is 12.8. The molecule has 1 heterocycles. The number of fused-ring (bicyclic) bond motifs is 1. The molecule has 2 aromatic rings. The van der Waals surface area contributed by atoms with Crippen LogP contribution in [0.2, 0.25) is 0 Å². The Morgan fingerprint density at radius 1 is 1.33 bits per heavy atom. The Balaban J connectivity index is 2.32. The molecule has 1 aromatic carbocycles. The lowest BCUT2D eigenvalue weighted by molar-refractivity contribution is 0.470. The molecule has 0 saturated carbocycles. The number of para-hydroxylation sites is 2. The van der Waals surface area contributed by atoms with Gasteiger partial charge in [0.1, 0.15) is 6.07 Å². The fourth-order valence-corrected chi connectivity index (χ4v) is 2.71. The first kappa shape index (κ1) is 11.0. The van der Waals surface area contributed by atoms with E-state index >= 15 is 0 Å². The van der Waals surface area contributed by atoms with Crippen molar-refractivity contribution in [2.24, 2.45) is 5.41 Å². The summed E-state index contributed by atoms with van der Waals surface area (Å²) in [6.45, 7) is 4.45. The lowest BCUT2D eigenvalue weighted by Gasteiger charge is -2.24. The highest BCUT2D eigenvalue weighted by Gasteiger charge is 2.31. The summed E-state index contributed by atoms with van der Waals surface area (Å²) in [4.78, 5) is 4.40. The first-order valence-electron chi connectivity index (χ1n) is 6.22. The van der Waals surface area contributed by atoms with E-state index in [4.69, 9.17) is 0 Å². The van der Waals surface area contributed by atoms with Gasteiger partial charge >= 0.3 is 0 Å². The second-order valence-electron chi connectivity index (χ2n) is 5.38. The largest absolute Gasteiger partial charge is 0.288 e. The van der Waals surface area contributed by atoms with Gasteiger partial charge in [0.15, 0.2) is 0 Å². The molecule has 3 heteroatoms. The van der Waals surface area contributed by atoms with E-state index in [0.29, 0.717) is 5.82 Å². The van der Waals surface area contributed by atoms with Crippen LogP contribution < -0.4 is 0 Å². The summed E-state index contributed by atoms with van der Waals surface area (Å²) in [7, 11) is 0. The van der Waals surface area contributed by atoms with Crippen LogP contribution in [0.15, 0.2) is 30.3 Å². The van der Waals surface area contributed by atoms with Gasteiger partial charge in [0.2, 0.25) is 5.82 Å². The molecule has 0 saturated heterocycles. The van der Waals surface area contributed by atoms with Gasteiger partial charge in [0, 0.05) is 11.1 Å². The third-order valence-corrected chi connectivity index (χ3v) is 3.70. The maximum absolute atomic E-state index is 9.29. The second kappa shape index (κ2) is 3.71. The Kier molecular flexibility index (Phi) is 2.27. The number of hydrogen-bond donors (Lipinski definition) is 0. The molecular formula is C15H15N3. The minimum atomic E-state index is 0.106. The van der Waals surface area contributed by atoms with Crippen molar-refractivity contribution in [2.75, 3.05) is 0 Å². The second-order valence-corrected chi connectivity index (χ2v) is 5.38. The molecule has 90 valence electrons. The zero-order valence-corrected chi connectivity index (χ0v) is 10.6. The summed E-state index contributed by atoms with van der Waals surface area (Å²) in [6, 6.07) is 10.1. The SMILES string of the molecule is CC1(C)CCC=C1n1c(C#N)nc2ccccc21. The van der Waals surface area contributed by atoms with E-state index in [-0.39, 0.29) is 5.41 Å². The first-order chi connectivity index (χ1) is 8.63.